The van der Waals surface area contributed by atoms with Crippen molar-refractivity contribution in [1.82, 2.24) is 0 Å². The van der Waals surface area contributed by atoms with Crippen LogP contribution in [0.25, 0.3) is 0 Å². The van der Waals surface area contributed by atoms with Crippen molar-refractivity contribution in [3.63, 3.8) is 0 Å². The highest BCUT2D eigenvalue weighted by molar-refractivity contribution is 5.40. The molecule has 128 valence electrons. The number of ether oxygens (including phenoxy) is 4. The first-order valence-corrected chi connectivity index (χ1v) is 8.20. The Morgan fingerprint density at radius 2 is 2.00 bits per heavy atom. The SMILES string of the molecule is C[N+]1(C[C@@H](O)COC[C@H]2COc3ccccc3O2)CCOCC1. The third-order valence-electron chi connectivity index (χ3n) is 4.38. The molecule has 0 spiro atoms. The van der Waals surface area contributed by atoms with Crippen LogP contribution in [0.15, 0.2) is 24.3 Å². The van der Waals surface area contributed by atoms with Crippen LogP contribution in [0.1, 0.15) is 0 Å². The minimum absolute atomic E-state index is 0.134. The summed E-state index contributed by atoms with van der Waals surface area (Å²) in [5, 5.41) is 10.2. The topological polar surface area (TPSA) is 57.2 Å². The Bertz CT molecular complexity index is 504. The van der Waals surface area contributed by atoms with E-state index in [1.165, 1.54) is 0 Å². The fourth-order valence-electron chi connectivity index (χ4n) is 3.01. The van der Waals surface area contributed by atoms with Crippen LogP contribution in [0.5, 0.6) is 11.5 Å². The van der Waals surface area contributed by atoms with Crippen LogP contribution in [0.3, 0.4) is 0 Å². The summed E-state index contributed by atoms with van der Waals surface area (Å²) < 4.78 is 23.3. The quantitative estimate of drug-likeness (QED) is 0.780. The average Bonchev–Trinajstić information content (AvgIpc) is 2.55. The van der Waals surface area contributed by atoms with Gasteiger partial charge < -0.3 is 28.5 Å². The molecule has 1 saturated heterocycles. The molecular weight excluding hydrogens is 298 g/mol. The highest BCUT2D eigenvalue weighted by atomic mass is 16.6. The van der Waals surface area contributed by atoms with Crippen LogP contribution < -0.4 is 9.47 Å². The minimum atomic E-state index is -0.477. The standard InChI is InChI=1S/C17H26NO5/c1-18(6-8-20-9-7-18)10-14(19)11-21-12-15-13-22-16-4-2-3-5-17(16)23-15/h2-5,14-15,19H,6-13H2,1H3/q+1/t14-,15+/m1/s1. The Balaban J connectivity index is 1.38. The fourth-order valence-corrected chi connectivity index (χ4v) is 3.01. The van der Waals surface area contributed by atoms with Gasteiger partial charge in [0.25, 0.3) is 0 Å². The van der Waals surface area contributed by atoms with E-state index in [1.807, 2.05) is 24.3 Å². The molecular formula is C17H26NO5+. The highest BCUT2D eigenvalue weighted by Crippen LogP contribution is 2.30. The summed E-state index contributed by atoms with van der Waals surface area (Å²) in [4.78, 5) is 0. The average molecular weight is 324 g/mol. The Morgan fingerprint density at radius 3 is 2.78 bits per heavy atom. The van der Waals surface area contributed by atoms with Gasteiger partial charge in [-0.15, -0.1) is 0 Å². The molecule has 1 fully saturated rings. The summed E-state index contributed by atoms with van der Waals surface area (Å²) in [6.45, 7) is 5.29. The van der Waals surface area contributed by atoms with Crippen LogP contribution in [0, 0.1) is 0 Å². The van der Waals surface area contributed by atoms with Crippen LogP contribution in [-0.2, 0) is 9.47 Å². The molecule has 0 bridgehead atoms. The molecule has 1 aromatic rings. The summed E-state index contributed by atoms with van der Waals surface area (Å²) in [5.74, 6) is 1.52. The molecule has 2 aliphatic rings. The first-order chi connectivity index (χ1) is 11.1. The number of aliphatic hydroxyl groups is 1. The van der Waals surface area contributed by atoms with Gasteiger partial charge in [-0.2, -0.15) is 0 Å². The maximum absolute atomic E-state index is 10.2. The van der Waals surface area contributed by atoms with Gasteiger partial charge in [0.1, 0.15) is 32.3 Å². The molecule has 2 aliphatic heterocycles. The molecule has 2 heterocycles. The third-order valence-corrected chi connectivity index (χ3v) is 4.38. The second-order valence-corrected chi connectivity index (χ2v) is 6.55. The minimum Gasteiger partial charge on any atom is -0.486 e. The molecule has 0 radical (unpaired) electrons. The Labute approximate surface area is 137 Å². The summed E-state index contributed by atoms with van der Waals surface area (Å²) in [6.07, 6.45) is -0.611. The fraction of sp³-hybridized carbons (Fsp3) is 0.647. The van der Waals surface area contributed by atoms with Gasteiger partial charge in [-0.1, -0.05) is 12.1 Å². The molecule has 0 amide bonds. The van der Waals surface area contributed by atoms with Crippen LogP contribution in [0.2, 0.25) is 0 Å². The number of likely N-dealkylation sites (N-methyl/N-ethyl adjacent to an activating group) is 1. The molecule has 0 aliphatic carbocycles. The molecule has 2 atom stereocenters. The number of rotatable bonds is 6. The van der Waals surface area contributed by atoms with E-state index in [1.54, 1.807) is 0 Å². The van der Waals surface area contributed by atoms with E-state index in [4.69, 9.17) is 18.9 Å². The van der Waals surface area contributed by atoms with E-state index < -0.39 is 6.10 Å². The number of hydrogen-bond acceptors (Lipinski definition) is 5. The van der Waals surface area contributed by atoms with Gasteiger partial charge in [-0.05, 0) is 12.1 Å². The van der Waals surface area contributed by atoms with Gasteiger partial charge in [-0.25, -0.2) is 0 Å². The number of benzene rings is 1. The van der Waals surface area contributed by atoms with Crippen molar-refractivity contribution in [2.75, 3.05) is 59.7 Å². The predicted octanol–water partition coefficient (Wildman–Crippen LogP) is 0.681. The zero-order valence-corrected chi connectivity index (χ0v) is 13.6. The van der Waals surface area contributed by atoms with Crippen molar-refractivity contribution in [1.29, 1.82) is 0 Å². The van der Waals surface area contributed by atoms with E-state index in [-0.39, 0.29) is 6.10 Å². The lowest BCUT2D eigenvalue weighted by molar-refractivity contribution is -0.919. The van der Waals surface area contributed by atoms with Gasteiger partial charge in [-0.3, -0.25) is 0 Å². The molecule has 1 aromatic carbocycles. The maximum atomic E-state index is 10.2. The van der Waals surface area contributed by atoms with E-state index in [0.29, 0.717) is 26.4 Å². The maximum Gasteiger partial charge on any atom is 0.161 e. The molecule has 0 unspecified atom stereocenters. The number of quaternary nitrogens is 1. The summed E-state index contributed by atoms with van der Waals surface area (Å²) >= 11 is 0. The van der Waals surface area contributed by atoms with Crippen LogP contribution in [-0.4, -0.2) is 81.5 Å². The second kappa shape index (κ2) is 7.49. The van der Waals surface area contributed by atoms with E-state index in [0.717, 1.165) is 42.3 Å². The number of para-hydroxylation sites is 2. The number of morpholine rings is 1. The zero-order valence-electron chi connectivity index (χ0n) is 13.6. The Morgan fingerprint density at radius 1 is 1.26 bits per heavy atom. The second-order valence-electron chi connectivity index (χ2n) is 6.55. The van der Waals surface area contributed by atoms with Crippen molar-refractivity contribution >= 4 is 0 Å². The van der Waals surface area contributed by atoms with Gasteiger partial charge in [0.05, 0.1) is 33.5 Å². The predicted molar refractivity (Wildman–Crippen MR) is 84.8 cm³/mol. The van der Waals surface area contributed by atoms with Crippen molar-refractivity contribution in [2.24, 2.45) is 0 Å². The first kappa shape index (κ1) is 16.5. The Hall–Kier alpha value is -1.34. The molecule has 0 aromatic heterocycles. The van der Waals surface area contributed by atoms with Gasteiger partial charge in [0, 0.05) is 0 Å². The van der Waals surface area contributed by atoms with Crippen molar-refractivity contribution in [2.45, 2.75) is 12.2 Å². The number of nitrogens with zero attached hydrogens (tertiary/aromatic N) is 1. The van der Waals surface area contributed by atoms with Crippen molar-refractivity contribution < 1.29 is 28.5 Å². The van der Waals surface area contributed by atoms with E-state index in [2.05, 4.69) is 7.05 Å². The summed E-state index contributed by atoms with van der Waals surface area (Å²) in [5.41, 5.74) is 0. The van der Waals surface area contributed by atoms with Crippen molar-refractivity contribution in [3.05, 3.63) is 24.3 Å². The molecule has 3 rings (SSSR count). The summed E-state index contributed by atoms with van der Waals surface area (Å²) in [7, 11) is 2.15. The molecule has 6 nitrogen and oxygen atoms in total. The lowest BCUT2D eigenvalue weighted by atomic mass is 10.2. The Kier molecular flexibility index (Phi) is 5.38. The van der Waals surface area contributed by atoms with Gasteiger partial charge >= 0.3 is 0 Å². The van der Waals surface area contributed by atoms with Crippen LogP contribution in [0.4, 0.5) is 0 Å². The lowest BCUT2D eigenvalue weighted by Gasteiger charge is -2.38. The number of aliphatic hydroxyl groups excluding tert-OH is 1. The molecule has 6 heteroatoms. The highest BCUT2D eigenvalue weighted by Gasteiger charge is 2.28. The van der Waals surface area contributed by atoms with E-state index >= 15 is 0 Å². The molecule has 1 N–H and O–H groups in total. The lowest BCUT2D eigenvalue weighted by Crippen LogP contribution is -2.55. The summed E-state index contributed by atoms with van der Waals surface area (Å²) in [6, 6.07) is 7.62. The molecule has 0 saturated carbocycles. The number of hydrogen-bond donors (Lipinski definition) is 1. The largest absolute Gasteiger partial charge is 0.486 e. The first-order valence-electron chi connectivity index (χ1n) is 8.20. The molecule has 23 heavy (non-hydrogen) atoms. The van der Waals surface area contributed by atoms with E-state index in [9.17, 15) is 5.11 Å². The van der Waals surface area contributed by atoms with Gasteiger partial charge in [0.2, 0.25) is 0 Å². The smallest absolute Gasteiger partial charge is 0.161 e. The zero-order chi connectivity index (χ0) is 16.1. The normalized spacial score (nSPS) is 24.2. The van der Waals surface area contributed by atoms with Crippen LogP contribution >= 0.6 is 0 Å². The van der Waals surface area contributed by atoms with Crippen molar-refractivity contribution in [3.8, 4) is 11.5 Å². The third kappa shape index (κ3) is 4.57. The number of fused-ring (bicyclic) bond motifs is 1. The van der Waals surface area contributed by atoms with Gasteiger partial charge in [0.15, 0.2) is 17.6 Å². The monoisotopic (exact) mass is 324 g/mol.